The number of nitrogens with one attached hydrogen (secondary N) is 1. The molecular weight excluding hydrogens is 442 g/mol. The molecular formula is C19H12ClF4N5O2. The van der Waals surface area contributed by atoms with Crippen molar-refractivity contribution in [3.05, 3.63) is 64.8 Å². The first-order chi connectivity index (χ1) is 14.6. The summed E-state index contributed by atoms with van der Waals surface area (Å²) in [6, 6.07) is 6.88. The Bertz CT molecular complexity index is 1170. The molecule has 3 heterocycles. The Balaban J connectivity index is 1.86. The van der Waals surface area contributed by atoms with Crippen LogP contribution in [0.1, 0.15) is 16.2 Å². The van der Waals surface area contributed by atoms with Gasteiger partial charge < -0.3 is 10.2 Å². The van der Waals surface area contributed by atoms with E-state index in [1.807, 2.05) is 0 Å². The van der Waals surface area contributed by atoms with Crippen molar-refractivity contribution >= 4 is 23.4 Å². The molecule has 1 fully saturated rings. The zero-order chi connectivity index (χ0) is 22.3. The molecule has 0 bridgehead atoms. The standard InChI is InChI=1S/C19H12ClF4N5O2/c20-11-3-10(4-12(21)5-11)15-7-14(18(31)28-8-17(30)26-9-28)27-29(15)13-1-2-25-16(6-13)19(22,23)24/h1-7H,8-9H2,(H,26,30). The molecule has 31 heavy (non-hydrogen) atoms. The maximum Gasteiger partial charge on any atom is 0.433 e. The fourth-order valence-electron chi connectivity index (χ4n) is 3.07. The van der Waals surface area contributed by atoms with Gasteiger partial charge >= 0.3 is 6.18 Å². The van der Waals surface area contributed by atoms with Crippen LogP contribution >= 0.6 is 11.6 Å². The van der Waals surface area contributed by atoms with E-state index in [0.29, 0.717) is 0 Å². The molecule has 1 aliphatic heterocycles. The molecule has 0 saturated carbocycles. The van der Waals surface area contributed by atoms with E-state index in [4.69, 9.17) is 11.6 Å². The van der Waals surface area contributed by atoms with Crippen molar-refractivity contribution in [1.29, 1.82) is 0 Å². The van der Waals surface area contributed by atoms with Crippen LogP contribution in [0.15, 0.2) is 42.6 Å². The average Bonchev–Trinajstić information content (AvgIpc) is 3.33. The minimum atomic E-state index is -4.70. The fourth-order valence-corrected chi connectivity index (χ4v) is 3.29. The number of benzene rings is 1. The Hall–Kier alpha value is -3.47. The van der Waals surface area contributed by atoms with E-state index in [1.165, 1.54) is 23.1 Å². The van der Waals surface area contributed by atoms with Gasteiger partial charge in [-0.05, 0) is 36.4 Å². The SMILES string of the molecule is O=C1CN(C(=O)c2cc(-c3cc(F)cc(Cl)c3)n(-c3ccnc(C(F)(F)F)c3)n2)CN1. The topological polar surface area (TPSA) is 80.1 Å². The molecule has 1 aromatic carbocycles. The zero-order valence-electron chi connectivity index (χ0n) is 15.5. The van der Waals surface area contributed by atoms with E-state index in [0.717, 1.165) is 29.1 Å². The number of hydrogen-bond acceptors (Lipinski definition) is 4. The molecule has 7 nitrogen and oxygen atoms in total. The van der Waals surface area contributed by atoms with Crippen LogP contribution in [0.4, 0.5) is 17.6 Å². The normalized spacial score (nSPS) is 14.1. The van der Waals surface area contributed by atoms with Gasteiger partial charge in [0.05, 0.1) is 18.1 Å². The zero-order valence-corrected chi connectivity index (χ0v) is 16.2. The lowest BCUT2D eigenvalue weighted by Crippen LogP contribution is -2.30. The molecule has 1 N–H and O–H groups in total. The van der Waals surface area contributed by atoms with Gasteiger partial charge in [-0.25, -0.2) is 9.07 Å². The molecule has 2 aromatic heterocycles. The van der Waals surface area contributed by atoms with Gasteiger partial charge in [0.2, 0.25) is 5.91 Å². The molecule has 4 rings (SSSR count). The van der Waals surface area contributed by atoms with Gasteiger partial charge in [-0.15, -0.1) is 0 Å². The summed E-state index contributed by atoms with van der Waals surface area (Å²) in [5, 5.41) is 6.66. The molecule has 12 heteroatoms. The van der Waals surface area contributed by atoms with Gasteiger partial charge in [0, 0.05) is 16.8 Å². The van der Waals surface area contributed by atoms with E-state index in [9.17, 15) is 27.2 Å². The lowest BCUT2D eigenvalue weighted by molar-refractivity contribution is -0.141. The quantitative estimate of drug-likeness (QED) is 0.617. The molecule has 2 amide bonds. The first-order valence-electron chi connectivity index (χ1n) is 8.78. The summed E-state index contributed by atoms with van der Waals surface area (Å²) in [6.45, 7) is -0.209. The molecule has 3 aromatic rings. The van der Waals surface area contributed by atoms with E-state index in [-0.39, 0.29) is 46.8 Å². The van der Waals surface area contributed by atoms with Crippen molar-refractivity contribution in [2.24, 2.45) is 0 Å². The highest BCUT2D eigenvalue weighted by molar-refractivity contribution is 6.30. The molecule has 0 unspecified atom stereocenters. The Morgan fingerprint density at radius 3 is 2.58 bits per heavy atom. The minimum Gasteiger partial charge on any atom is -0.337 e. The molecule has 0 atom stereocenters. The Labute approximate surface area is 177 Å². The van der Waals surface area contributed by atoms with Crippen molar-refractivity contribution in [2.45, 2.75) is 6.18 Å². The van der Waals surface area contributed by atoms with Gasteiger partial charge in [-0.2, -0.15) is 18.3 Å². The van der Waals surface area contributed by atoms with Crippen LogP contribution < -0.4 is 5.32 Å². The Morgan fingerprint density at radius 1 is 1.16 bits per heavy atom. The second-order valence-electron chi connectivity index (χ2n) is 6.64. The first kappa shape index (κ1) is 20.8. The number of nitrogens with zero attached hydrogens (tertiary/aromatic N) is 4. The number of carbonyl (C=O) groups is 2. The molecule has 0 aliphatic carbocycles. The molecule has 0 spiro atoms. The summed E-state index contributed by atoms with van der Waals surface area (Å²) in [7, 11) is 0. The monoisotopic (exact) mass is 453 g/mol. The highest BCUT2D eigenvalue weighted by Gasteiger charge is 2.33. The number of carbonyl (C=O) groups excluding carboxylic acids is 2. The van der Waals surface area contributed by atoms with Crippen LogP contribution in [0.3, 0.4) is 0 Å². The molecule has 160 valence electrons. The van der Waals surface area contributed by atoms with Gasteiger partial charge in [0.1, 0.15) is 18.1 Å². The number of pyridine rings is 1. The third kappa shape index (κ3) is 4.22. The Morgan fingerprint density at radius 2 is 1.94 bits per heavy atom. The van der Waals surface area contributed by atoms with Gasteiger partial charge in [-0.3, -0.25) is 14.6 Å². The van der Waals surface area contributed by atoms with Crippen molar-refractivity contribution in [1.82, 2.24) is 25.0 Å². The maximum absolute atomic E-state index is 13.9. The van der Waals surface area contributed by atoms with Crippen molar-refractivity contribution in [3.8, 4) is 16.9 Å². The predicted octanol–water partition coefficient (Wildman–Crippen LogP) is 3.28. The van der Waals surface area contributed by atoms with Gasteiger partial charge in [0.25, 0.3) is 5.91 Å². The third-order valence-corrected chi connectivity index (χ3v) is 4.67. The van der Waals surface area contributed by atoms with E-state index < -0.39 is 23.6 Å². The first-order valence-corrected chi connectivity index (χ1v) is 9.16. The summed E-state index contributed by atoms with van der Waals surface area (Å²) in [5.74, 6) is -1.65. The largest absolute Gasteiger partial charge is 0.433 e. The highest BCUT2D eigenvalue weighted by Crippen LogP contribution is 2.31. The van der Waals surface area contributed by atoms with Crippen LogP contribution in [0.25, 0.3) is 16.9 Å². The summed E-state index contributed by atoms with van der Waals surface area (Å²) in [5.41, 5.74) is -1.03. The van der Waals surface area contributed by atoms with Crippen molar-refractivity contribution < 1.29 is 27.2 Å². The number of aromatic nitrogens is 3. The summed E-state index contributed by atoms with van der Waals surface area (Å²) >= 11 is 5.92. The van der Waals surface area contributed by atoms with Gasteiger partial charge in [0.15, 0.2) is 5.69 Å². The predicted molar refractivity (Wildman–Crippen MR) is 101 cm³/mol. The molecule has 0 radical (unpaired) electrons. The second kappa shape index (κ2) is 7.65. The molecule has 1 saturated heterocycles. The average molecular weight is 454 g/mol. The van der Waals surface area contributed by atoms with Gasteiger partial charge in [-0.1, -0.05) is 11.6 Å². The number of alkyl halides is 3. The van der Waals surface area contributed by atoms with Crippen LogP contribution in [0.2, 0.25) is 5.02 Å². The maximum atomic E-state index is 13.9. The summed E-state index contributed by atoms with van der Waals surface area (Å²) in [6.07, 6.45) is -3.75. The van der Waals surface area contributed by atoms with Crippen LogP contribution in [-0.4, -0.2) is 44.7 Å². The number of halogens is 5. The van der Waals surface area contributed by atoms with Crippen molar-refractivity contribution in [2.75, 3.05) is 13.2 Å². The minimum absolute atomic E-state index is 0.0286. The summed E-state index contributed by atoms with van der Waals surface area (Å²) in [4.78, 5) is 28.7. The van der Waals surface area contributed by atoms with E-state index in [2.05, 4.69) is 15.4 Å². The number of amides is 2. The smallest absolute Gasteiger partial charge is 0.337 e. The molecule has 1 aliphatic rings. The fraction of sp³-hybridized carbons (Fsp3) is 0.158. The summed E-state index contributed by atoms with van der Waals surface area (Å²) < 4.78 is 54.4. The van der Waals surface area contributed by atoms with E-state index in [1.54, 1.807) is 0 Å². The van der Waals surface area contributed by atoms with Crippen LogP contribution in [0.5, 0.6) is 0 Å². The highest BCUT2D eigenvalue weighted by atomic mass is 35.5. The van der Waals surface area contributed by atoms with Crippen LogP contribution in [0, 0.1) is 5.82 Å². The lowest BCUT2D eigenvalue weighted by Gasteiger charge is -2.11. The Kier molecular flexibility index (Phi) is 5.13. The van der Waals surface area contributed by atoms with Crippen LogP contribution in [-0.2, 0) is 11.0 Å². The number of rotatable bonds is 3. The number of hydrogen-bond donors (Lipinski definition) is 1. The second-order valence-corrected chi connectivity index (χ2v) is 7.08. The van der Waals surface area contributed by atoms with E-state index >= 15 is 0 Å². The van der Waals surface area contributed by atoms with Crippen molar-refractivity contribution in [3.63, 3.8) is 0 Å². The lowest BCUT2D eigenvalue weighted by atomic mass is 10.1. The third-order valence-electron chi connectivity index (χ3n) is 4.45.